The second-order valence-electron chi connectivity index (χ2n) is 6.49. The van der Waals surface area contributed by atoms with Crippen LogP contribution < -0.4 is 0 Å². The molecule has 1 unspecified atom stereocenters. The summed E-state index contributed by atoms with van der Waals surface area (Å²) in [6.07, 6.45) is 0.358. The van der Waals surface area contributed by atoms with E-state index in [1.54, 1.807) is 17.0 Å². The number of amides is 1. The molecule has 1 aliphatic rings. The first kappa shape index (κ1) is 17.4. The van der Waals surface area contributed by atoms with Crippen LogP contribution in [0, 0.1) is 0 Å². The Balaban J connectivity index is 2.18. The van der Waals surface area contributed by atoms with Gasteiger partial charge < -0.3 is 14.7 Å². The summed E-state index contributed by atoms with van der Waals surface area (Å²) in [5.74, 6) is 0.0206. The Labute approximate surface area is 141 Å². The summed E-state index contributed by atoms with van der Waals surface area (Å²) < 4.78 is 5.41. The van der Waals surface area contributed by atoms with Gasteiger partial charge in [0.15, 0.2) is 0 Å². The third-order valence-corrected chi connectivity index (χ3v) is 4.47. The zero-order valence-electron chi connectivity index (χ0n) is 13.0. The SMILES string of the molecule is CC(C)(C)OC(=O)N1CC[C@@H](c2ccc(Cl)c(Cl)c2)C1CO. The van der Waals surface area contributed by atoms with E-state index in [4.69, 9.17) is 27.9 Å². The molecule has 1 aromatic carbocycles. The number of rotatable bonds is 2. The van der Waals surface area contributed by atoms with E-state index in [0.717, 1.165) is 12.0 Å². The molecule has 0 saturated carbocycles. The maximum atomic E-state index is 12.3. The highest BCUT2D eigenvalue weighted by Crippen LogP contribution is 2.36. The van der Waals surface area contributed by atoms with Crippen molar-refractivity contribution in [2.75, 3.05) is 13.2 Å². The first-order valence-electron chi connectivity index (χ1n) is 7.28. The summed E-state index contributed by atoms with van der Waals surface area (Å²) in [7, 11) is 0. The average Bonchev–Trinajstić information content (AvgIpc) is 2.83. The number of carbonyl (C=O) groups excluding carboxylic acids is 1. The lowest BCUT2D eigenvalue weighted by molar-refractivity contribution is 0.0165. The predicted molar refractivity (Wildman–Crippen MR) is 87.6 cm³/mol. The Hall–Kier alpha value is -0.970. The van der Waals surface area contributed by atoms with E-state index in [1.165, 1.54) is 0 Å². The summed E-state index contributed by atoms with van der Waals surface area (Å²) in [6.45, 7) is 5.90. The molecule has 1 aliphatic heterocycles. The third-order valence-electron chi connectivity index (χ3n) is 3.73. The van der Waals surface area contributed by atoms with Gasteiger partial charge in [-0.15, -0.1) is 0 Å². The van der Waals surface area contributed by atoms with Crippen LogP contribution in [0.1, 0.15) is 38.7 Å². The van der Waals surface area contributed by atoms with Crippen LogP contribution in [-0.4, -0.2) is 40.9 Å². The Morgan fingerprint density at radius 3 is 2.59 bits per heavy atom. The van der Waals surface area contributed by atoms with E-state index < -0.39 is 11.7 Å². The van der Waals surface area contributed by atoms with Crippen LogP contribution in [0.4, 0.5) is 4.79 Å². The normalized spacial score (nSPS) is 22.0. The van der Waals surface area contributed by atoms with E-state index in [-0.39, 0.29) is 18.6 Å². The number of benzene rings is 1. The van der Waals surface area contributed by atoms with Crippen LogP contribution in [0.2, 0.25) is 10.0 Å². The molecule has 1 heterocycles. The third kappa shape index (κ3) is 3.86. The number of carbonyl (C=O) groups is 1. The number of hydrogen-bond acceptors (Lipinski definition) is 3. The minimum Gasteiger partial charge on any atom is -0.444 e. The zero-order valence-corrected chi connectivity index (χ0v) is 14.5. The fourth-order valence-corrected chi connectivity index (χ4v) is 3.06. The second-order valence-corrected chi connectivity index (χ2v) is 7.31. The molecule has 1 N–H and O–H groups in total. The Morgan fingerprint density at radius 2 is 2.05 bits per heavy atom. The summed E-state index contributed by atoms with van der Waals surface area (Å²) in [4.78, 5) is 13.9. The lowest BCUT2D eigenvalue weighted by Gasteiger charge is -2.29. The van der Waals surface area contributed by atoms with E-state index in [9.17, 15) is 9.90 Å². The number of likely N-dealkylation sites (tertiary alicyclic amines) is 1. The van der Waals surface area contributed by atoms with Gasteiger partial charge in [0.1, 0.15) is 5.60 Å². The quantitative estimate of drug-likeness (QED) is 0.878. The molecule has 0 bridgehead atoms. The van der Waals surface area contributed by atoms with Gasteiger partial charge in [0, 0.05) is 12.5 Å². The molecule has 0 aromatic heterocycles. The minimum atomic E-state index is -0.557. The van der Waals surface area contributed by atoms with Gasteiger partial charge >= 0.3 is 6.09 Å². The molecule has 22 heavy (non-hydrogen) atoms. The van der Waals surface area contributed by atoms with Gasteiger partial charge in [-0.1, -0.05) is 29.3 Å². The first-order valence-corrected chi connectivity index (χ1v) is 8.04. The molecular weight excluding hydrogens is 325 g/mol. The van der Waals surface area contributed by atoms with Crippen molar-refractivity contribution in [3.05, 3.63) is 33.8 Å². The molecule has 2 rings (SSSR count). The standard InChI is InChI=1S/C16H21Cl2NO3/c1-16(2,3)22-15(21)19-7-6-11(14(19)9-20)10-4-5-12(17)13(18)8-10/h4-5,8,11,14,20H,6-7,9H2,1-3H3/t11-,14?/m0/s1. The summed E-state index contributed by atoms with van der Waals surface area (Å²) in [5, 5.41) is 10.7. The lowest BCUT2D eigenvalue weighted by Crippen LogP contribution is -2.42. The maximum Gasteiger partial charge on any atom is 0.410 e. The molecule has 1 aromatic rings. The van der Waals surface area contributed by atoms with Crippen molar-refractivity contribution in [3.8, 4) is 0 Å². The van der Waals surface area contributed by atoms with Crippen molar-refractivity contribution in [2.45, 2.75) is 44.8 Å². The number of nitrogens with zero attached hydrogens (tertiary/aromatic N) is 1. The van der Waals surface area contributed by atoms with E-state index in [0.29, 0.717) is 16.6 Å². The highest BCUT2D eigenvalue weighted by Gasteiger charge is 2.39. The van der Waals surface area contributed by atoms with Crippen LogP contribution in [-0.2, 0) is 4.74 Å². The molecule has 0 radical (unpaired) electrons. The number of aliphatic hydroxyl groups excluding tert-OH is 1. The van der Waals surface area contributed by atoms with Crippen molar-refractivity contribution >= 4 is 29.3 Å². The van der Waals surface area contributed by atoms with Crippen LogP contribution in [0.5, 0.6) is 0 Å². The molecule has 1 fully saturated rings. The summed E-state index contributed by atoms with van der Waals surface area (Å²) in [5.41, 5.74) is 0.415. The Morgan fingerprint density at radius 1 is 1.36 bits per heavy atom. The largest absolute Gasteiger partial charge is 0.444 e. The summed E-state index contributed by atoms with van der Waals surface area (Å²) in [6, 6.07) is 5.12. The van der Waals surface area contributed by atoms with E-state index in [2.05, 4.69) is 0 Å². The van der Waals surface area contributed by atoms with Crippen LogP contribution in [0.15, 0.2) is 18.2 Å². The lowest BCUT2D eigenvalue weighted by atomic mass is 9.92. The highest BCUT2D eigenvalue weighted by molar-refractivity contribution is 6.42. The Kier molecular flexibility index (Phi) is 5.25. The maximum absolute atomic E-state index is 12.3. The molecule has 122 valence electrons. The molecule has 1 saturated heterocycles. The van der Waals surface area contributed by atoms with Gasteiger partial charge in [-0.25, -0.2) is 4.79 Å². The van der Waals surface area contributed by atoms with E-state index >= 15 is 0 Å². The van der Waals surface area contributed by atoms with Gasteiger partial charge in [0.2, 0.25) is 0 Å². The van der Waals surface area contributed by atoms with Crippen LogP contribution in [0.25, 0.3) is 0 Å². The van der Waals surface area contributed by atoms with Crippen molar-refractivity contribution in [1.29, 1.82) is 0 Å². The smallest absolute Gasteiger partial charge is 0.410 e. The van der Waals surface area contributed by atoms with Gasteiger partial charge in [0.05, 0.1) is 22.7 Å². The first-order chi connectivity index (χ1) is 10.2. The van der Waals surface area contributed by atoms with Gasteiger partial charge in [-0.2, -0.15) is 0 Å². The molecule has 0 aliphatic carbocycles. The molecule has 6 heteroatoms. The predicted octanol–water partition coefficient (Wildman–Crippen LogP) is 4.08. The fourth-order valence-electron chi connectivity index (χ4n) is 2.76. The number of aliphatic hydroxyl groups is 1. The summed E-state index contributed by atoms with van der Waals surface area (Å²) >= 11 is 12.0. The number of halogens is 2. The fraction of sp³-hybridized carbons (Fsp3) is 0.562. The molecule has 1 amide bonds. The van der Waals surface area contributed by atoms with Crippen molar-refractivity contribution in [3.63, 3.8) is 0 Å². The van der Waals surface area contributed by atoms with Gasteiger partial charge in [-0.05, 0) is 44.9 Å². The van der Waals surface area contributed by atoms with Gasteiger partial charge in [-0.3, -0.25) is 0 Å². The van der Waals surface area contributed by atoms with Crippen molar-refractivity contribution in [2.24, 2.45) is 0 Å². The molecule has 2 atom stereocenters. The van der Waals surface area contributed by atoms with Crippen LogP contribution in [0.3, 0.4) is 0 Å². The average molecular weight is 346 g/mol. The zero-order chi connectivity index (χ0) is 16.5. The molecule has 0 spiro atoms. The second kappa shape index (κ2) is 6.65. The molecular formula is C16H21Cl2NO3. The number of hydrogen-bond donors (Lipinski definition) is 1. The molecule has 4 nitrogen and oxygen atoms in total. The highest BCUT2D eigenvalue weighted by atomic mass is 35.5. The van der Waals surface area contributed by atoms with Crippen molar-refractivity contribution < 1.29 is 14.6 Å². The Bertz CT molecular complexity index is 557. The number of ether oxygens (including phenoxy) is 1. The monoisotopic (exact) mass is 345 g/mol. The van der Waals surface area contributed by atoms with Crippen LogP contribution >= 0.6 is 23.2 Å². The van der Waals surface area contributed by atoms with Crippen molar-refractivity contribution in [1.82, 2.24) is 4.90 Å². The minimum absolute atomic E-state index is 0.0206. The van der Waals surface area contributed by atoms with Gasteiger partial charge in [0.25, 0.3) is 0 Å². The topological polar surface area (TPSA) is 49.8 Å². The van der Waals surface area contributed by atoms with E-state index in [1.807, 2.05) is 26.8 Å².